The van der Waals surface area contributed by atoms with Crippen LogP contribution in [0.4, 0.5) is 28.4 Å². The SMILES string of the molecule is CCc1cc(NCc2ccc(C)cc2)cc(CC)c1O.Cc1ccc(CNCc2cc(C)c(O)c(C)c2)cc1.Cc1ccc(CNCc2ccc(O)cc2)cc1.Cc1ccc(CNc2cc(C(C)(C)C)c(O)c(C(C)(C)C)c2)cc1.Cc1ccc(CNc2cc(C(C)C)c(O)c(C(C)C)c2)cc1.Cc1ccc(CNc2cc(C)c(O)c(C)c2)cc1.Cc1ccc(CNc2ccc(O)cc2)cc1.Cl.Cl.Cl.Cl.Cl.Cl.[Cl-]. The molecule has 0 aromatic heterocycles. The third kappa shape index (κ3) is 44.8. The van der Waals surface area contributed by atoms with E-state index < -0.39 is 0 Å². The standard InChI is InChI=1S/C22H31NO.C20H27NO.C18H23NO.C17H21NO.C16H19NO.C15H17NO.C14H15NO.7ClH/c1-15-8-10-16(11-9-15)14-23-17-12-18(21(2,3)4)20(24)19(13-17)22(5,6)7;1-13(2)18-10-17(11-19(14(3)4)20(18)22)21-12-16-8-6-15(5)7-9-16;1-4-15-10-17(11-16(5-2)18(15)20)19-12-14-8-6-13(3)7-9-14;1-12-4-6-15(7-5-12)10-18-11-16-8-13(2)17(19)14(3)9-16;1-11-4-6-14(7-5-11)10-17-15-8-12(2)16(18)13(3)9-15;1-12-2-4-13(5-3-12)10-16-11-14-6-8-15(17)9-7-14;1-11-2-4-12(5-3-11)10-15-13-6-8-14(16)9-7-13;;;;;;;/h8-13,23-24H,14H2,1-7H3;6-11,13-14,21-22H,12H2,1-5H3;6-11,19-20H,4-5,12H2,1-3H3;4-9,18-19H,10-11H2,1-3H3;4-9,17-18H,10H2,1-3H3;2-9,16-17H,10-11H2,1H3;2-9,15-16H,10H2,1H3;7*1H/p-1. The van der Waals surface area contributed by atoms with Crippen molar-refractivity contribution in [3.05, 3.63) is 424 Å². The van der Waals surface area contributed by atoms with Gasteiger partial charge in [0.05, 0.1) is 0 Å². The number of rotatable bonds is 27. The van der Waals surface area contributed by atoms with Gasteiger partial charge in [-0.25, -0.2) is 0 Å². The van der Waals surface area contributed by atoms with Gasteiger partial charge in [0.1, 0.15) is 40.2 Å². The molecule has 14 aromatic carbocycles. The van der Waals surface area contributed by atoms with Crippen LogP contribution in [-0.2, 0) is 82.6 Å². The van der Waals surface area contributed by atoms with Gasteiger partial charge < -0.3 is 85.4 Å². The molecule has 774 valence electrons. The first-order chi connectivity index (χ1) is 64.6. The van der Waals surface area contributed by atoms with Crippen LogP contribution in [0.5, 0.6) is 40.2 Å². The van der Waals surface area contributed by atoms with Crippen molar-refractivity contribution < 1.29 is 48.2 Å². The summed E-state index contributed by atoms with van der Waals surface area (Å²) < 4.78 is 0. The Morgan fingerprint density at radius 1 is 0.224 bits per heavy atom. The van der Waals surface area contributed by atoms with Crippen LogP contribution in [0.25, 0.3) is 0 Å². The lowest BCUT2D eigenvalue weighted by Crippen LogP contribution is -3.00. The molecule has 0 radical (unpaired) electrons. The van der Waals surface area contributed by atoms with Crippen LogP contribution in [0.15, 0.2) is 279 Å². The lowest BCUT2D eigenvalue weighted by molar-refractivity contribution is -0.0000367. The second-order valence-electron chi connectivity index (χ2n) is 38.7. The summed E-state index contributed by atoms with van der Waals surface area (Å²) in [7, 11) is 0. The van der Waals surface area contributed by atoms with Gasteiger partial charge in [0, 0.05) is 98.5 Å². The Bertz CT molecular complexity index is 5790. The number of aromatic hydroxyl groups is 7. The zero-order valence-corrected chi connectivity index (χ0v) is 93.6. The van der Waals surface area contributed by atoms with Crippen LogP contribution in [0.3, 0.4) is 0 Å². The lowest BCUT2D eigenvalue weighted by atomic mass is 9.79. The molecule has 0 aliphatic heterocycles. The number of nitrogens with one attached hydrogen (secondary N) is 7. The molecule has 21 heteroatoms. The monoisotopic (exact) mass is 2080 g/mol. The summed E-state index contributed by atoms with van der Waals surface area (Å²) in [4.78, 5) is 0. The topological polar surface area (TPSA) is 226 Å². The van der Waals surface area contributed by atoms with E-state index in [0.717, 1.165) is 156 Å². The van der Waals surface area contributed by atoms with Gasteiger partial charge >= 0.3 is 0 Å². The summed E-state index contributed by atoms with van der Waals surface area (Å²) in [5.41, 5.74) is 34.9. The Balaban J connectivity index is 0.000000830. The number of phenols is 7. The van der Waals surface area contributed by atoms with Crippen molar-refractivity contribution in [2.45, 2.75) is 254 Å². The third-order valence-corrected chi connectivity index (χ3v) is 23.7. The summed E-state index contributed by atoms with van der Waals surface area (Å²) in [6.07, 6.45) is 1.69. The van der Waals surface area contributed by atoms with Crippen molar-refractivity contribution in [3.63, 3.8) is 0 Å². The fraction of sp³-hybridized carbons (Fsp3) is 0.311. The van der Waals surface area contributed by atoms with Gasteiger partial charge in [-0.05, 0) is 291 Å². The normalized spacial score (nSPS) is 10.4. The smallest absolute Gasteiger partial charge is 0.123 e. The first-order valence-electron chi connectivity index (χ1n) is 47.9. The molecular formula is C122H159Cl7N7O7-. The maximum atomic E-state index is 10.8. The number of aryl methyl sites for hydroxylation is 13. The average molecular weight is 2080 g/mol. The fourth-order valence-corrected chi connectivity index (χ4v) is 15.0. The summed E-state index contributed by atoms with van der Waals surface area (Å²) >= 11 is 0. The van der Waals surface area contributed by atoms with Gasteiger partial charge in [-0.1, -0.05) is 316 Å². The van der Waals surface area contributed by atoms with Crippen LogP contribution in [0.1, 0.15) is 240 Å². The highest BCUT2D eigenvalue weighted by Crippen LogP contribution is 2.42. The van der Waals surface area contributed by atoms with Gasteiger partial charge in [-0.15, -0.1) is 74.4 Å². The highest BCUT2D eigenvalue weighted by Gasteiger charge is 2.27. The second kappa shape index (κ2) is 64.4. The van der Waals surface area contributed by atoms with E-state index in [1.165, 1.54) is 89.0 Å². The average Bonchev–Trinajstić information content (AvgIpc) is 0.778. The molecule has 14 N–H and O–H groups in total. The molecule has 0 unspecified atom stereocenters. The van der Waals surface area contributed by atoms with Crippen molar-refractivity contribution in [2.75, 3.05) is 26.6 Å². The number of hydrogen-bond donors (Lipinski definition) is 14. The fourth-order valence-electron chi connectivity index (χ4n) is 15.0. The predicted molar refractivity (Wildman–Crippen MR) is 619 cm³/mol. The Hall–Kier alpha value is -11.4. The molecule has 0 bridgehead atoms. The molecule has 0 saturated carbocycles. The van der Waals surface area contributed by atoms with Crippen molar-refractivity contribution >= 4 is 103 Å². The predicted octanol–water partition coefficient (Wildman–Crippen LogP) is 29.3. The Kier molecular flexibility index (Phi) is 58.4. The Morgan fingerprint density at radius 2 is 0.434 bits per heavy atom. The molecule has 14 aromatic rings. The van der Waals surface area contributed by atoms with E-state index in [1.807, 2.05) is 88.4 Å². The number of anilines is 5. The molecular weight excluding hydrogens is 1920 g/mol. The molecule has 0 saturated heterocycles. The molecule has 0 atom stereocenters. The number of halogens is 7. The molecule has 0 aliphatic rings. The Labute approximate surface area is 899 Å². The van der Waals surface area contributed by atoms with Crippen molar-refractivity contribution in [1.82, 2.24) is 10.6 Å². The summed E-state index contributed by atoms with van der Waals surface area (Å²) in [5, 5.41) is 93.0. The van der Waals surface area contributed by atoms with Crippen LogP contribution < -0.4 is 49.6 Å². The van der Waals surface area contributed by atoms with Crippen LogP contribution in [-0.4, -0.2) is 35.7 Å². The van der Waals surface area contributed by atoms with Gasteiger partial charge in [-0.2, -0.15) is 0 Å². The number of benzene rings is 14. The minimum atomic E-state index is -0.106. The molecule has 0 spiro atoms. The van der Waals surface area contributed by atoms with E-state index in [2.05, 4.69) is 363 Å². The van der Waals surface area contributed by atoms with Gasteiger partial charge in [0.2, 0.25) is 0 Å². The maximum Gasteiger partial charge on any atom is 0.123 e. The molecule has 0 fully saturated rings. The summed E-state index contributed by atoms with van der Waals surface area (Å²) in [6.45, 7) is 55.1. The third-order valence-electron chi connectivity index (χ3n) is 23.7. The van der Waals surface area contributed by atoms with Crippen molar-refractivity contribution in [1.29, 1.82) is 0 Å². The zero-order valence-electron chi connectivity index (χ0n) is 87.9. The summed E-state index contributed by atoms with van der Waals surface area (Å²) in [5.74, 6) is 3.33. The van der Waals surface area contributed by atoms with Crippen molar-refractivity contribution in [2.24, 2.45) is 0 Å². The van der Waals surface area contributed by atoms with E-state index >= 15 is 0 Å². The minimum absolute atomic E-state index is 0. The van der Waals surface area contributed by atoms with Crippen molar-refractivity contribution in [3.8, 4) is 40.2 Å². The first-order valence-corrected chi connectivity index (χ1v) is 47.9. The van der Waals surface area contributed by atoms with Crippen LogP contribution in [0, 0.1) is 76.2 Å². The quantitative estimate of drug-likeness (QED) is 0.0215. The number of hydrogen-bond acceptors (Lipinski definition) is 14. The second-order valence-corrected chi connectivity index (χ2v) is 38.7. The maximum absolute atomic E-state index is 10.8. The van der Waals surface area contributed by atoms with Gasteiger partial charge in [0.25, 0.3) is 0 Å². The molecule has 0 amide bonds. The zero-order chi connectivity index (χ0) is 99.3. The van der Waals surface area contributed by atoms with Crippen LogP contribution in [0.2, 0.25) is 0 Å². The largest absolute Gasteiger partial charge is 1.00 e. The first kappa shape index (κ1) is 130. The molecule has 0 aliphatic carbocycles. The molecule has 143 heavy (non-hydrogen) atoms. The van der Waals surface area contributed by atoms with E-state index in [4.69, 9.17) is 10.2 Å². The molecule has 14 nitrogen and oxygen atoms in total. The highest BCUT2D eigenvalue weighted by molar-refractivity contribution is 5.86. The Morgan fingerprint density at radius 3 is 0.685 bits per heavy atom. The number of phenolic OH excluding ortho intramolecular Hbond substituents is 7. The summed E-state index contributed by atoms with van der Waals surface area (Å²) in [6, 6.07) is 94.4. The highest BCUT2D eigenvalue weighted by atomic mass is 35.5. The van der Waals surface area contributed by atoms with E-state index in [1.54, 1.807) is 24.3 Å². The molecule has 14 rings (SSSR count). The van der Waals surface area contributed by atoms with E-state index in [9.17, 15) is 25.5 Å². The van der Waals surface area contributed by atoms with E-state index in [0.29, 0.717) is 52.1 Å². The van der Waals surface area contributed by atoms with E-state index in [-0.39, 0.29) is 97.7 Å². The lowest BCUT2D eigenvalue weighted by Gasteiger charge is -2.28. The van der Waals surface area contributed by atoms with Gasteiger partial charge in [0.15, 0.2) is 0 Å². The van der Waals surface area contributed by atoms with Gasteiger partial charge in [-0.3, -0.25) is 0 Å². The minimum Gasteiger partial charge on any atom is -1.00 e. The van der Waals surface area contributed by atoms with Crippen LogP contribution >= 0.6 is 74.4 Å². The molecule has 0 heterocycles.